The van der Waals surface area contributed by atoms with E-state index in [1.54, 1.807) is 48.0 Å². The van der Waals surface area contributed by atoms with Crippen molar-refractivity contribution in [3.63, 3.8) is 0 Å². The number of hydrogen-bond acceptors (Lipinski definition) is 5. The smallest absolute Gasteiger partial charge is 0.253 e. The first-order valence-electron chi connectivity index (χ1n) is 8.86. The first kappa shape index (κ1) is 17.6. The Hall–Kier alpha value is -2.80. The average molecular weight is 382 g/mol. The summed E-state index contributed by atoms with van der Waals surface area (Å²) in [6, 6.07) is 10.1. The Kier molecular flexibility index (Phi) is 5.11. The second-order valence-corrected chi connectivity index (χ2v) is 7.34. The molecule has 5 nitrogen and oxygen atoms in total. The maximum atomic E-state index is 13.1. The molecule has 1 amide bonds. The van der Waals surface area contributed by atoms with E-state index in [1.807, 2.05) is 5.38 Å². The van der Waals surface area contributed by atoms with Gasteiger partial charge in [0.25, 0.3) is 5.91 Å². The van der Waals surface area contributed by atoms with Gasteiger partial charge in [0.1, 0.15) is 5.82 Å². The molecular weight excluding hydrogens is 363 g/mol. The van der Waals surface area contributed by atoms with Crippen molar-refractivity contribution < 1.29 is 9.18 Å². The third kappa shape index (κ3) is 4.14. The van der Waals surface area contributed by atoms with Gasteiger partial charge in [-0.3, -0.25) is 9.78 Å². The van der Waals surface area contributed by atoms with Crippen molar-refractivity contribution in [1.82, 2.24) is 15.3 Å². The molecule has 0 spiro atoms. The van der Waals surface area contributed by atoms with Gasteiger partial charge >= 0.3 is 0 Å². The topological polar surface area (TPSA) is 58.1 Å². The second kappa shape index (κ2) is 7.84. The minimum Gasteiger partial charge on any atom is -0.349 e. The van der Waals surface area contributed by atoms with E-state index in [0.717, 1.165) is 42.3 Å². The summed E-state index contributed by atoms with van der Waals surface area (Å²) >= 11 is 1.59. The SMILES string of the molecule is O=C(NC1CCN(c2nc(-c3ccc(F)cc3)cs2)CC1)c1cccnc1. The molecule has 1 saturated heterocycles. The Morgan fingerprint density at radius 1 is 1.19 bits per heavy atom. The van der Waals surface area contributed by atoms with Crippen LogP contribution in [0.5, 0.6) is 0 Å². The molecule has 3 heterocycles. The maximum absolute atomic E-state index is 13.1. The Morgan fingerprint density at radius 2 is 1.96 bits per heavy atom. The molecule has 27 heavy (non-hydrogen) atoms. The van der Waals surface area contributed by atoms with Crippen LogP contribution in [0.1, 0.15) is 23.2 Å². The zero-order valence-electron chi connectivity index (χ0n) is 14.6. The molecule has 1 N–H and O–H groups in total. The van der Waals surface area contributed by atoms with E-state index >= 15 is 0 Å². The van der Waals surface area contributed by atoms with Crippen molar-refractivity contribution in [3.05, 3.63) is 65.6 Å². The molecule has 0 saturated carbocycles. The van der Waals surface area contributed by atoms with E-state index in [1.165, 1.54) is 12.1 Å². The van der Waals surface area contributed by atoms with E-state index in [9.17, 15) is 9.18 Å². The van der Waals surface area contributed by atoms with Gasteiger partial charge in [0.15, 0.2) is 5.13 Å². The molecule has 138 valence electrons. The number of rotatable bonds is 4. The van der Waals surface area contributed by atoms with Crippen molar-refractivity contribution >= 4 is 22.4 Å². The van der Waals surface area contributed by atoms with E-state index in [-0.39, 0.29) is 17.8 Å². The number of piperidine rings is 1. The van der Waals surface area contributed by atoms with Crippen LogP contribution in [0.3, 0.4) is 0 Å². The van der Waals surface area contributed by atoms with Gasteiger partial charge in [0.05, 0.1) is 11.3 Å². The fourth-order valence-electron chi connectivity index (χ4n) is 3.14. The number of pyridine rings is 1. The predicted molar refractivity (Wildman–Crippen MR) is 104 cm³/mol. The van der Waals surface area contributed by atoms with Crippen LogP contribution in [0, 0.1) is 5.82 Å². The Morgan fingerprint density at radius 3 is 2.67 bits per heavy atom. The van der Waals surface area contributed by atoms with Gasteiger partial charge in [-0.15, -0.1) is 11.3 Å². The molecule has 1 aliphatic rings. The number of amides is 1. The molecule has 3 aromatic rings. The van der Waals surface area contributed by atoms with E-state index in [0.29, 0.717) is 5.56 Å². The lowest BCUT2D eigenvalue weighted by Crippen LogP contribution is -2.44. The number of hydrogen-bond donors (Lipinski definition) is 1. The third-order valence-electron chi connectivity index (χ3n) is 4.66. The monoisotopic (exact) mass is 382 g/mol. The molecule has 1 fully saturated rings. The van der Waals surface area contributed by atoms with Crippen molar-refractivity contribution in [2.45, 2.75) is 18.9 Å². The van der Waals surface area contributed by atoms with Crippen molar-refractivity contribution in [2.24, 2.45) is 0 Å². The summed E-state index contributed by atoms with van der Waals surface area (Å²) in [4.78, 5) is 23.2. The summed E-state index contributed by atoms with van der Waals surface area (Å²) in [5.74, 6) is -0.320. The number of carbonyl (C=O) groups excluding carboxylic acids is 1. The zero-order chi connectivity index (χ0) is 18.6. The molecule has 0 radical (unpaired) electrons. The lowest BCUT2D eigenvalue weighted by Gasteiger charge is -2.32. The number of halogens is 1. The number of anilines is 1. The van der Waals surface area contributed by atoms with Gasteiger partial charge in [-0.25, -0.2) is 9.37 Å². The van der Waals surface area contributed by atoms with Crippen LogP contribution >= 0.6 is 11.3 Å². The van der Waals surface area contributed by atoms with Crippen molar-refractivity contribution in [1.29, 1.82) is 0 Å². The molecule has 0 aliphatic carbocycles. The zero-order valence-corrected chi connectivity index (χ0v) is 15.5. The van der Waals surface area contributed by atoms with Crippen LogP contribution in [0.15, 0.2) is 54.2 Å². The molecule has 0 unspecified atom stereocenters. The summed E-state index contributed by atoms with van der Waals surface area (Å²) in [7, 11) is 0. The van der Waals surface area contributed by atoms with Crippen LogP contribution in [-0.4, -0.2) is 35.0 Å². The molecule has 2 aromatic heterocycles. The molecule has 7 heteroatoms. The van der Waals surface area contributed by atoms with Gasteiger partial charge < -0.3 is 10.2 Å². The molecule has 1 aromatic carbocycles. The molecular formula is C20H19FN4OS. The Bertz CT molecular complexity index is 905. The lowest BCUT2D eigenvalue weighted by atomic mass is 10.1. The summed E-state index contributed by atoms with van der Waals surface area (Å²) < 4.78 is 13.1. The van der Waals surface area contributed by atoms with Crippen LogP contribution in [0.2, 0.25) is 0 Å². The van der Waals surface area contributed by atoms with Gasteiger partial charge in [-0.05, 0) is 49.2 Å². The summed E-state index contributed by atoms with van der Waals surface area (Å²) in [6.07, 6.45) is 4.98. The minimum atomic E-state index is -0.246. The molecule has 4 rings (SSSR count). The largest absolute Gasteiger partial charge is 0.349 e. The molecule has 0 atom stereocenters. The number of benzene rings is 1. The third-order valence-corrected chi connectivity index (χ3v) is 5.56. The standard InChI is InChI=1S/C20H19FN4OS/c21-16-5-3-14(4-6-16)18-13-27-20(24-18)25-10-7-17(8-11-25)23-19(26)15-2-1-9-22-12-15/h1-6,9,12-13,17H,7-8,10-11H2,(H,23,26). The van der Waals surface area contributed by atoms with Gasteiger partial charge in [0, 0.05) is 42.5 Å². The number of nitrogens with one attached hydrogen (secondary N) is 1. The van der Waals surface area contributed by atoms with E-state index in [2.05, 4.69) is 15.2 Å². The fourth-order valence-corrected chi connectivity index (χ4v) is 4.03. The van der Waals surface area contributed by atoms with E-state index < -0.39 is 0 Å². The van der Waals surface area contributed by atoms with Crippen molar-refractivity contribution in [3.8, 4) is 11.3 Å². The quantitative estimate of drug-likeness (QED) is 0.747. The Labute approximate surface area is 160 Å². The van der Waals surface area contributed by atoms with Crippen LogP contribution in [0.25, 0.3) is 11.3 Å². The Balaban J connectivity index is 1.34. The molecule has 0 bridgehead atoms. The highest BCUT2D eigenvalue weighted by atomic mass is 32.1. The van der Waals surface area contributed by atoms with Gasteiger partial charge in [-0.2, -0.15) is 0 Å². The van der Waals surface area contributed by atoms with Crippen LogP contribution < -0.4 is 10.2 Å². The van der Waals surface area contributed by atoms with Gasteiger partial charge in [0.2, 0.25) is 0 Å². The number of aromatic nitrogens is 2. The van der Waals surface area contributed by atoms with Crippen molar-refractivity contribution in [2.75, 3.05) is 18.0 Å². The fraction of sp³-hybridized carbons (Fsp3) is 0.250. The number of nitrogens with zero attached hydrogens (tertiary/aromatic N) is 3. The maximum Gasteiger partial charge on any atom is 0.253 e. The van der Waals surface area contributed by atoms with Crippen LogP contribution in [0.4, 0.5) is 9.52 Å². The lowest BCUT2D eigenvalue weighted by molar-refractivity contribution is 0.0930. The number of thiazole rings is 1. The first-order chi connectivity index (χ1) is 13.2. The normalized spacial score (nSPS) is 14.9. The average Bonchev–Trinajstić information content (AvgIpc) is 3.20. The highest BCUT2D eigenvalue weighted by Gasteiger charge is 2.23. The highest BCUT2D eigenvalue weighted by Crippen LogP contribution is 2.29. The van der Waals surface area contributed by atoms with Crippen LogP contribution in [-0.2, 0) is 0 Å². The summed E-state index contributed by atoms with van der Waals surface area (Å²) in [5, 5.41) is 6.05. The first-order valence-corrected chi connectivity index (χ1v) is 9.74. The van der Waals surface area contributed by atoms with Gasteiger partial charge in [-0.1, -0.05) is 0 Å². The summed E-state index contributed by atoms with van der Waals surface area (Å²) in [5.41, 5.74) is 2.36. The predicted octanol–water partition coefficient (Wildman–Crippen LogP) is 3.74. The second-order valence-electron chi connectivity index (χ2n) is 6.50. The molecule has 1 aliphatic heterocycles. The minimum absolute atomic E-state index is 0.0746. The number of carbonyl (C=O) groups is 1. The highest BCUT2D eigenvalue weighted by molar-refractivity contribution is 7.14. The van der Waals surface area contributed by atoms with E-state index in [4.69, 9.17) is 4.98 Å². The summed E-state index contributed by atoms with van der Waals surface area (Å²) in [6.45, 7) is 1.68.